The van der Waals surface area contributed by atoms with Crippen molar-refractivity contribution in [1.82, 2.24) is 0 Å². The molecule has 1 aromatic rings. The first-order chi connectivity index (χ1) is 6.78. The number of ether oxygens (including phenoxy) is 4. The van der Waals surface area contributed by atoms with Gasteiger partial charge in [-0.2, -0.15) is 0 Å². The molecule has 0 saturated carbocycles. The van der Waals surface area contributed by atoms with Crippen molar-refractivity contribution in [3.63, 3.8) is 0 Å². The van der Waals surface area contributed by atoms with Crippen LogP contribution in [0.3, 0.4) is 0 Å². The first kappa shape index (κ1) is 13.9. The van der Waals surface area contributed by atoms with Crippen LogP contribution < -0.4 is 18.9 Å². The Morgan fingerprint density at radius 2 is 1.47 bits per heavy atom. The van der Waals surface area contributed by atoms with E-state index in [2.05, 4.69) is 6.07 Å². The third-order valence-electron chi connectivity index (χ3n) is 1.80. The maximum absolute atomic E-state index is 5.15. The molecule has 88 valence electrons. The number of hydrogen-bond donors (Lipinski definition) is 0. The van der Waals surface area contributed by atoms with E-state index in [-0.39, 0.29) is 17.1 Å². The molecule has 0 spiro atoms. The molecule has 0 aliphatic heterocycles. The van der Waals surface area contributed by atoms with E-state index in [0.717, 1.165) is 0 Å². The molecule has 0 aliphatic carbocycles. The smallest absolute Gasteiger partial charge is 0.550 e. The van der Waals surface area contributed by atoms with Gasteiger partial charge in [0.1, 0.15) is 0 Å². The third-order valence-corrected chi connectivity index (χ3v) is 1.80. The maximum atomic E-state index is 5.15. The van der Waals surface area contributed by atoms with Crippen LogP contribution in [0.25, 0.3) is 0 Å². The fraction of sp³-hybridized carbons (Fsp3) is 0.400. The molecule has 1 rings (SSSR count). The summed E-state index contributed by atoms with van der Waals surface area (Å²) in [7, 11) is 6.17. The van der Waals surface area contributed by atoms with E-state index >= 15 is 0 Å². The Morgan fingerprint density at radius 1 is 0.867 bits per heavy atom. The number of benzene rings is 1. The molecule has 0 heterocycles. The van der Waals surface area contributed by atoms with Gasteiger partial charge in [-0.15, -0.1) is 12.1 Å². The van der Waals surface area contributed by atoms with Crippen molar-refractivity contribution in [2.75, 3.05) is 28.4 Å². The van der Waals surface area contributed by atoms with Crippen molar-refractivity contribution >= 4 is 0 Å². The molecule has 0 bridgehead atoms. The average Bonchev–Trinajstić information content (AvgIpc) is 2.26. The molecular formula is C10H13CuO4. The normalized spacial score (nSPS) is 8.80. The van der Waals surface area contributed by atoms with E-state index in [1.165, 1.54) is 7.11 Å². The zero-order valence-corrected chi connectivity index (χ0v) is 9.95. The molecule has 0 saturated heterocycles. The fourth-order valence-electron chi connectivity index (χ4n) is 1.16. The third kappa shape index (κ3) is 2.70. The summed E-state index contributed by atoms with van der Waals surface area (Å²) >= 11 is 0. The van der Waals surface area contributed by atoms with E-state index in [4.69, 9.17) is 18.9 Å². The minimum atomic E-state index is 0. The van der Waals surface area contributed by atoms with Crippen LogP contribution in [-0.4, -0.2) is 28.4 Å². The summed E-state index contributed by atoms with van der Waals surface area (Å²) in [6.45, 7) is 0. The summed E-state index contributed by atoms with van der Waals surface area (Å²) in [6, 6.07) is 4.52. The van der Waals surface area contributed by atoms with Crippen LogP contribution in [0.5, 0.6) is 23.0 Å². The van der Waals surface area contributed by atoms with Crippen LogP contribution in [-0.2, 0) is 17.1 Å². The molecule has 0 unspecified atom stereocenters. The van der Waals surface area contributed by atoms with E-state index in [1.54, 1.807) is 27.4 Å². The molecule has 0 aromatic heterocycles. The van der Waals surface area contributed by atoms with Gasteiger partial charge in [-0.1, -0.05) is 0 Å². The van der Waals surface area contributed by atoms with Gasteiger partial charge in [-0.25, -0.2) is 0 Å². The molecule has 0 amide bonds. The van der Waals surface area contributed by atoms with Gasteiger partial charge in [0.2, 0.25) is 0 Å². The second-order valence-corrected chi connectivity index (χ2v) is 2.46. The van der Waals surface area contributed by atoms with E-state index < -0.39 is 0 Å². The largest absolute Gasteiger partial charge is 1.00 e. The van der Waals surface area contributed by atoms with Crippen molar-refractivity contribution in [3.8, 4) is 23.0 Å². The molecule has 1 aromatic carbocycles. The van der Waals surface area contributed by atoms with Gasteiger partial charge in [-0.3, -0.25) is 0 Å². The second kappa shape index (κ2) is 6.43. The molecule has 15 heavy (non-hydrogen) atoms. The Morgan fingerprint density at radius 3 is 1.87 bits per heavy atom. The molecule has 0 N–H and O–H groups in total. The SMILES string of the molecule is COc1[c-]cc(OC)c(OC)c1OC.[Cu+]. The zero-order chi connectivity index (χ0) is 10.6. The van der Waals surface area contributed by atoms with Crippen LogP contribution in [0.1, 0.15) is 0 Å². The van der Waals surface area contributed by atoms with Crippen LogP contribution in [0.2, 0.25) is 0 Å². The van der Waals surface area contributed by atoms with Crippen molar-refractivity contribution < 1.29 is 36.0 Å². The van der Waals surface area contributed by atoms with Crippen LogP contribution in [0.4, 0.5) is 0 Å². The molecule has 0 fully saturated rings. The number of hydrogen-bond acceptors (Lipinski definition) is 4. The minimum Gasteiger partial charge on any atom is -0.550 e. The summed E-state index contributed by atoms with van der Waals surface area (Å²) < 4.78 is 20.4. The van der Waals surface area contributed by atoms with Gasteiger partial charge in [0, 0.05) is 0 Å². The van der Waals surface area contributed by atoms with Crippen molar-refractivity contribution in [2.45, 2.75) is 0 Å². The maximum Gasteiger partial charge on any atom is 1.00 e. The first-order valence-corrected chi connectivity index (χ1v) is 4.03. The van der Waals surface area contributed by atoms with Crippen LogP contribution in [0.15, 0.2) is 6.07 Å². The molecular weight excluding hydrogens is 248 g/mol. The standard InChI is InChI=1S/C10H13O4.Cu/c1-11-7-5-6-8(12-2)10(14-4)9(7)13-3;/h5H,1-4H3;/q-1;+1. The summed E-state index contributed by atoms with van der Waals surface area (Å²) in [6.07, 6.45) is 0. The van der Waals surface area contributed by atoms with Crippen molar-refractivity contribution in [3.05, 3.63) is 12.1 Å². The Hall–Kier alpha value is -1.06. The molecule has 0 atom stereocenters. The van der Waals surface area contributed by atoms with Gasteiger partial charge >= 0.3 is 17.1 Å². The molecule has 0 radical (unpaired) electrons. The van der Waals surface area contributed by atoms with Gasteiger partial charge in [-0.05, 0) is 0 Å². The van der Waals surface area contributed by atoms with Gasteiger partial charge in [0.15, 0.2) is 0 Å². The van der Waals surface area contributed by atoms with Crippen LogP contribution in [0, 0.1) is 6.07 Å². The summed E-state index contributed by atoms with van der Waals surface area (Å²) in [5.74, 6) is 2.04. The second-order valence-electron chi connectivity index (χ2n) is 2.46. The Bertz CT molecular complexity index is 284. The Labute approximate surface area is 99.9 Å². The summed E-state index contributed by atoms with van der Waals surface area (Å²) in [5.41, 5.74) is 0. The van der Waals surface area contributed by atoms with E-state index in [9.17, 15) is 0 Å². The zero-order valence-electron chi connectivity index (χ0n) is 9.01. The number of rotatable bonds is 4. The predicted octanol–water partition coefficient (Wildman–Crippen LogP) is 1.52. The Balaban J connectivity index is 0.00000196. The molecule has 5 heteroatoms. The fourth-order valence-corrected chi connectivity index (χ4v) is 1.16. The van der Waals surface area contributed by atoms with Gasteiger partial charge < -0.3 is 18.9 Å². The predicted molar refractivity (Wildman–Crippen MR) is 51.5 cm³/mol. The summed E-state index contributed by atoms with van der Waals surface area (Å²) in [5, 5.41) is 0. The topological polar surface area (TPSA) is 36.9 Å². The molecule has 4 nitrogen and oxygen atoms in total. The van der Waals surface area contributed by atoms with Gasteiger partial charge in [0.25, 0.3) is 0 Å². The first-order valence-electron chi connectivity index (χ1n) is 4.03. The quantitative estimate of drug-likeness (QED) is 0.608. The minimum absolute atomic E-state index is 0. The van der Waals surface area contributed by atoms with E-state index in [1.807, 2.05) is 0 Å². The van der Waals surface area contributed by atoms with Crippen molar-refractivity contribution in [2.24, 2.45) is 0 Å². The molecule has 0 aliphatic rings. The van der Waals surface area contributed by atoms with Gasteiger partial charge in [0.05, 0.1) is 51.4 Å². The summed E-state index contributed by atoms with van der Waals surface area (Å²) in [4.78, 5) is 0. The Kier molecular flexibility index (Phi) is 5.97. The average molecular weight is 261 g/mol. The van der Waals surface area contributed by atoms with Crippen molar-refractivity contribution in [1.29, 1.82) is 0 Å². The number of methoxy groups -OCH3 is 4. The van der Waals surface area contributed by atoms with Crippen LogP contribution >= 0.6 is 0 Å². The van der Waals surface area contributed by atoms with E-state index in [0.29, 0.717) is 23.0 Å². The monoisotopic (exact) mass is 260 g/mol.